The lowest BCUT2D eigenvalue weighted by Gasteiger charge is -2.08. The summed E-state index contributed by atoms with van der Waals surface area (Å²) in [5.74, 6) is 1.72. The summed E-state index contributed by atoms with van der Waals surface area (Å²) in [6.07, 6.45) is 1.35. The van der Waals surface area contributed by atoms with E-state index in [1.54, 1.807) is 0 Å². The quantitative estimate of drug-likeness (QED) is 0.839. The van der Waals surface area contributed by atoms with Crippen LogP contribution in [0.4, 0.5) is 5.69 Å². The molecule has 3 N–H and O–H groups in total. The van der Waals surface area contributed by atoms with Crippen molar-refractivity contribution >= 4 is 38.8 Å². The highest BCUT2D eigenvalue weighted by Gasteiger charge is 2.31. The van der Waals surface area contributed by atoms with Crippen molar-refractivity contribution < 1.29 is 0 Å². The molecule has 0 spiro atoms. The van der Waals surface area contributed by atoms with Crippen LogP contribution in [0.5, 0.6) is 0 Å². The molecule has 1 aliphatic carbocycles. The Morgan fingerprint density at radius 3 is 2.81 bits per heavy atom. The number of rotatable bonds is 4. The van der Waals surface area contributed by atoms with E-state index in [1.807, 2.05) is 18.2 Å². The van der Waals surface area contributed by atoms with Crippen LogP contribution in [-0.4, -0.2) is 11.5 Å². The van der Waals surface area contributed by atoms with Gasteiger partial charge in [-0.25, -0.2) is 0 Å². The molecule has 1 fully saturated rings. The molecule has 0 aromatic heterocycles. The van der Waals surface area contributed by atoms with E-state index in [9.17, 15) is 0 Å². The molecule has 0 radical (unpaired) electrons. The van der Waals surface area contributed by atoms with Crippen LogP contribution in [-0.2, 0) is 0 Å². The third-order valence-corrected chi connectivity index (χ3v) is 3.96. The van der Waals surface area contributed by atoms with E-state index < -0.39 is 0 Å². The van der Waals surface area contributed by atoms with Gasteiger partial charge in [0.25, 0.3) is 0 Å². The molecule has 1 aromatic rings. The van der Waals surface area contributed by atoms with E-state index in [2.05, 4.69) is 28.2 Å². The zero-order valence-electron chi connectivity index (χ0n) is 9.16. The van der Waals surface area contributed by atoms with Gasteiger partial charge in [-0.3, -0.25) is 0 Å². The molecular formula is C12H15BrN2S. The summed E-state index contributed by atoms with van der Waals surface area (Å²) < 4.78 is 0.953. The second-order valence-corrected chi connectivity index (χ2v) is 5.71. The van der Waals surface area contributed by atoms with Crippen molar-refractivity contribution in [3.8, 4) is 0 Å². The van der Waals surface area contributed by atoms with E-state index >= 15 is 0 Å². The molecule has 2 nitrogen and oxygen atoms in total. The Labute approximate surface area is 110 Å². The third kappa shape index (κ3) is 2.74. The summed E-state index contributed by atoms with van der Waals surface area (Å²) in [5, 5.41) is 3.43. The lowest BCUT2D eigenvalue weighted by Crippen LogP contribution is -2.11. The first-order chi connectivity index (χ1) is 7.58. The van der Waals surface area contributed by atoms with E-state index in [4.69, 9.17) is 18.0 Å². The van der Waals surface area contributed by atoms with E-state index in [-0.39, 0.29) is 0 Å². The van der Waals surface area contributed by atoms with Crippen LogP contribution in [0.3, 0.4) is 0 Å². The lowest BCUT2D eigenvalue weighted by molar-refractivity contribution is 0.787. The first kappa shape index (κ1) is 11.9. The molecule has 0 bridgehead atoms. The summed E-state index contributed by atoms with van der Waals surface area (Å²) in [6, 6.07) is 6.00. The molecule has 0 heterocycles. The Balaban J connectivity index is 2.00. The highest BCUT2D eigenvalue weighted by molar-refractivity contribution is 9.10. The number of benzene rings is 1. The van der Waals surface area contributed by atoms with Gasteiger partial charge in [0.2, 0.25) is 0 Å². The molecule has 16 heavy (non-hydrogen) atoms. The van der Waals surface area contributed by atoms with Crippen LogP contribution >= 0.6 is 28.1 Å². The predicted octanol–water partition coefficient (Wildman–Crippen LogP) is 3.15. The van der Waals surface area contributed by atoms with Gasteiger partial charge in [0.05, 0.1) is 0 Å². The van der Waals surface area contributed by atoms with Crippen LogP contribution in [0.2, 0.25) is 0 Å². The fourth-order valence-electron chi connectivity index (χ4n) is 1.76. The smallest absolute Gasteiger partial charge is 0.105 e. The van der Waals surface area contributed by atoms with E-state index in [0.717, 1.165) is 34.1 Å². The molecule has 2 rings (SSSR count). The second-order valence-electron chi connectivity index (χ2n) is 4.41. The minimum atomic E-state index is 0.425. The van der Waals surface area contributed by atoms with Crippen molar-refractivity contribution in [3.63, 3.8) is 0 Å². The van der Waals surface area contributed by atoms with Crippen molar-refractivity contribution in [2.24, 2.45) is 17.6 Å². The zero-order chi connectivity index (χ0) is 11.7. The van der Waals surface area contributed by atoms with Gasteiger partial charge in [-0.2, -0.15) is 0 Å². The van der Waals surface area contributed by atoms with Gasteiger partial charge in [0, 0.05) is 22.3 Å². The SMILES string of the molecule is CC1CC1CNc1ccc(C(N)=S)c(Br)c1. The van der Waals surface area contributed by atoms with Gasteiger partial charge in [-0.05, 0) is 52.4 Å². The van der Waals surface area contributed by atoms with E-state index in [0.29, 0.717) is 4.99 Å². The number of thiocarbonyl (C=S) groups is 1. The molecule has 86 valence electrons. The van der Waals surface area contributed by atoms with Gasteiger partial charge >= 0.3 is 0 Å². The summed E-state index contributed by atoms with van der Waals surface area (Å²) in [4.78, 5) is 0.425. The summed E-state index contributed by atoms with van der Waals surface area (Å²) in [6.45, 7) is 3.35. The molecular weight excluding hydrogens is 284 g/mol. The lowest BCUT2D eigenvalue weighted by atomic mass is 10.2. The molecule has 0 saturated heterocycles. The topological polar surface area (TPSA) is 38.0 Å². The van der Waals surface area contributed by atoms with Crippen molar-refractivity contribution in [3.05, 3.63) is 28.2 Å². The molecule has 1 saturated carbocycles. The maximum Gasteiger partial charge on any atom is 0.105 e. The summed E-state index contributed by atoms with van der Waals surface area (Å²) in [7, 11) is 0. The zero-order valence-corrected chi connectivity index (χ0v) is 11.6. The van der Waals surface area contributed by atoms with Crippen molar-refractivity contribution in [2.45, 2.75) is 13.3 Å². The van der Waals surface area contributed by atoms with Gasteiger partial charge in [0.15, 0.2) is 0 Å². The largest absolute Gasteiger partial charge is 0.389 e. The minimum absolute atomic E-state index is 0.425. The number of nitrogens with one attached hydrogen (secondary N) is 1. The fraction of sp³-hybridized carbons (Fsp3) is 0.417. The molecule has 4 heteroatoms. The van der Waals surface area contributed by atoms with Crippen LogP contribution in [0, 0.1) is 11.8 Å². The Bertz CT molecular complexity index is 419. The highest BCUT2D eigenvalue weighted by Crippen LogP contribution is 2.37. The normalized spacial score (nSPS) is 22.9. The number of hydrogen-bond donors (Lipinski definition) is 2. The highest BCUT2D eigenvalue weighted by atomic mass is 79.9. The first-order valence-corrected chi connectivity index (χ1v) is 6.61. The summed E-state index contributed by atoms with van der Waals surface area (Å²) in [5.41, 5.74) is 7.60. The van der Waals surface area contributed by atoms with Gasteiger partial charge in [-0.15, -0.1) is 0 Å². The van der Waals surface area contributed by atoms with Crippen LogP contribution in [0.1, 0.15) is 18.9 Å². The number of anilines is 1. The minimum Gasteiger partial charge on any atom is -0.389 e. The standard InChI is InChI=1S/C12H15BrN2S/c1-7-4-8(7)6-15-9-2-3-10(12(14)16)11(13)5-9/h2-3,5,7-8,15H,4,6H2,1H3,(H2,14,16). The van der Waals surface area contributed by atoms with Gasteiger partial charge in [-0.1, -0.05) is 19.1 Å². The Morgan fingerprint density at radius 2 is 2.31 bits per heavy atom. The van der Waals surface area contributed by atoms with Crippen LogP contribution < -0.4 is 11.1 Å². The molecule has 1 aromatic carbocycles. The van der Waals surface area contributed by atoms with E-state index in [1.165, 1.54) is 6.42 Å². The van der Waals surface area contributed by atoms with Gasteiger partial charge in [0.1, 0.15) is 4.99 Å². The molecule has 0 amide bonds. The number of halogens is 1. The monoisotopic (exact) mass is 298 g/mol. The molecule has 1 aliphatic rings. The van der Waals surface area contributed by atoms with Crippen LogP contribution in [0.25, 0.3) is 0 Å². The van der Waals surface area contributed by atoms with Crippen molar-refractivity contribution in [2.75, 3.05) is 11.9 Å². The number of hydrogen-bond acceptors (Lipinski definition) is 2. The third-order valence-electron chi connectivity index (χ3n) is 3.08. The Hall–Kier alpha value is -0.610. The number of nitrogens with two attached hydrogens (primary N) is 1. The molecule has 2 atom stereocenters. The van der Waals surface area contributed by atoms with Crippen molar-refractivity contribution in [1.82, 2.24) is 0 Å². The van der Waals surface area contributed by atoms with Crippen LogP contribution in [0.15, 0.2) is 22.7 Å². The van der Waals surface area contributed by atoms with Gasteiger partial charge < -0.3 is 11.1 Å². The van der Waals surface area contributed by atoms with Crippen molar-refractivity contribution in [1.29, 1.82) is 0 Å². The average molecular weight is 299 g/mol. The maximum atomic E-state index is 5.60. The average Bonchev–Trinajstić information content (AvgIpc) is 2.91. The Kier molecular flexibility index (Phi) is 3.50. The predicted molar refractivity (Wildman–Crippen MR) is 75.8 cm³/mol. The maximum absolute atomic E-state index is 5.60. The summed E-state index contributed by atoms with van der Waals surface area (Å²) >= 11 is 8.43. The first-order valence-electron chi connectivity index (χ1n) is 5.41. The second kappa shape index (κ2) is 4.72. The fourth-order valence-corrected chi connectivity index (χ4v) is 2.66. The molecule has 2 unspecified atom stereocenters. The molecule has 0 aliphatic heterocycles. The Morgan fingerprint density at radius 1 is 1.62 bits per heavy atom.